The second-order valence-electron chi connectivity index (χ2n) is 5.10. The Hall–Kier alpha value is -2.68. The smallest absolute Gasteiger partial charge is 0.387 e. The molecule has 0 atom stereocenters. The van der Waals surface area contributed by atoms with Crippen LogP contribution in [-0.2, 0) is 10.0 Å². The minimum Gasteiger partial charge on any atom is -0.494 e. The lowest BCUT2D eigenvalue weighted by atomic mass is 10.1. The van der Waals surface area contributed by atoms with Crippen LogP contribution in [0.1, 0.15) is 19.4 Å². The van der Waals surface area contributed by atoms with E-state index >= 15 is 0 Å². The van der Waals surface area contributed by atoms with E-state index < -0.39 is 16.6 Å². The normalized spacial score (nSPS) is 12.1. The van der Waals surface area contributed by atoms with Gasteiger partial charge in [-0.05, 0) is 50.2 Å². The Balaban J connectivity index is 2.14. The number of benzene rings is 2. The number of rotatable bonds is 8. The molecule has 6 nitrogen and oxygen atoms in total. The average molecular weight is 384 g/mol. The van der Waals surface area contributed by atoms with Crippen molar-refractivity contribution >= 4 is 15.7 Å². The van der Waals surface area contributed by atoms with Crippen LogP contribution in [0, 0.1) is 0 Å². The van der Waals surface area contributed by atoms with Crippen LogP contribution in [0.15, 0.2) is 58.5 Å². The molecule has 0 saturated carbocycles. The summed E-state index contributed by atoms with van der Waals surface area (Å²) < 4.78 is 58.6. The summed E-state index contributed by atoms with van der Waals surface area (Å²) in [6, 6.07) is 11.7. The van der Waals surface area contributed by atoms with E-state index in [0.717, 1.165) is 0 Å². The molecule has 0 aliphatic rings. The van der Waals surface area contributed by atoms with Crippen LogP contribution < -0.4 is 14.3 Å². The van der Waals surface area contributed by atoms with Gasteiger partial charge in [0.05, 0.1) is 17.2 Å². The van der Waals surface area contributed by atoms with Crippen molar-refractivity contribution in [3.05, 3.63) is 54.1 Å². The molecular weight excluding hydrogens is 366 g/mol. The Labute approximate surface area is 150 Å². The van der Waals surface area contributed by atoms with Gasteiger partial charge in [-0.1, -0.05) is 12.1 Å². The Bertz CT molecular complexity index is 869. The van der Waals surface area contributed by atoms with Gasteiger partial charge in [0.25, 0.3) is 10.0 Å². The molecule has 0 radical (unpaired) electrons. The number of sulfonamides is 1. The molecule has 26 heavy (non-hydrogen) atoms. The van der Waals surface area contributed by atoms with Crippen molar-refractivity contribution in [3.63, 3.8) is 0 Å². The lowest BCUT2D eigenvalue weighted by molar-refractivity contribution is -0.0498. The monoisotopic (exact) mass is 384 g/mol. The van der Waals surface area contributed by atoms with Crippen molar-refractivity contribution in [1.29, 1.82) is 0 Å². The number of nitrogens with one attached hydrogen (secondary N) is 1. The van der Waals surface area contributed by atoms with E-state index in [-0.39, 0.29) is 10.6 Å². The molecule has 0 aromatic heterocycles. The van der Waals surface area contributed by atoms with Crippen LogP contribution in [0.3, 0.4) is 0 Å². The molecule has 9 heteroatoms. The third-order valence-corrected chi connectivity index (χ3v) is 4.48. The van der Waals surface area contributed by atoms with Gasteiger partial charge in [0.1, 0.15) is 11.5 Å². The quantitative estimate of drug-likeness (QED) is 0.559. The highest BCUT2D eigenvalue weighted by atomic mass is 32.2. The first kappa shape index (κ1) is 19.6. The van der Waals surface area contributed by atoms with Crippen molar-refractivity contribution in [1.82, 2.24) is 4.83 Å². The van der Waals surface area contributed by atoms with Gasteiger partial charge in [-0.3, -0.25) is 0 Å². The Morgan fingerprint density at radius 2 is 1.85 bits per heavy atom. The summed E-state index contributed by atoms with van der Waals surface area (Å²) in [5.74, 6) is 0.517. The zero-order chi connectivity index (χ0) is 19.2. The van der Waals surface area contributed by atoms with Crippen molar-refractivity contribution in [2.24, 2.45) is 5.10 Å². The molecule has 0 saturated heterocycles. The van der Waals surface area contributed by atoms with Gasteiger partial charge < -0.3 is 9.47 Å². The van der Waals surface area contributed by atoms with Crippen LogP contribution in [-0.4, -0.2) is 27.3 Å². The summed E-state index contributed by atoms with van der Waals surface area (Å²) in [7, 11) is -3.87. The van der Waals surface area contributed by atoms with E-state index in [2.05, 4.69) is 14.7 Å². The molecule has 0 aliphatic carbocycles. The zero-order valence-corrected chi connectivity index (χ0v) is 15.0. The number of halogens is 2. The molecule has 2 aromatic rings. The SMILES string of the molecule is CCOc1ccc(S(=O)(=O)N/N=C(\C)c2cccc(OC(F)F)c2)cc1. The molecule has 2 aromatic carbocycles. The predicted octanol–water partition coefficient (Wildman–Crippen LogP) is 3.39. The van der Waals surface area contributed by atoms with Gasteiger partial charge in [-0.15, -0.1) is 0 Å². The molecule has 0 bridgehead atoms. The summed E-state index contributed by atoms with van der Waals surface area (Å²) in [4.78, 5) is 2.14. The Morgan fingerprint density at radius 3 is 2.46 bits per heavy atom. The minimum absolute atomic E-state index is 0.0206. The number of hydrogen-bond acceptors (Lipinski definition) is 5. The highest BCUT2D eigenvalue weighted by molar-refractivity contribution is 7.89. The number of hydrogen-bond donors (Lipinski definition) is 1. The van der Waals surface area contributed by atoms with Gasteiger partial charge in [0.15, 0.2) is 0 Å². The lowest BCUT2D eigenvalue weighted by Gasteiger charge is -2.08. The van der Waals surface area contributed by atoms with Crippen LogP contribution in [0.25, 0.3) is 0 Å². The molecule has 0 unspecified atom stereocenters. The van der Waals surface area contributed by atoms with Gasteiger partial charge in [-0.2, -0.15) is 27.1 Å². The molecule has 0 heterocycles. The third kappa shape index (κ3) is 5.41. The largest absolute Gasteiger partial charge is 0.494 e. The van der Waals surface area contributed by atoms with E-state index in [1.54, 1.807) is 25.1 Å². The maximum Gasteiger partial charge on any atom is 0.387 e. The van der Waals surface area contributed by atoms with E-state index in [1.165, 1.54) is 30.3 Å². The Morgan fingerprint density at radius 1 is 1.15 bits per heavy atom. The van der Waals surface area contributed by atoms with Crippen molar-refractivity contribution in [2.45, 2.75) is 25.4 Å². The fourth-order valence-corrected chi connectivity index (χ4v) is 2.88. The maximum absolute atomic E-state index is 12.3. The van der Waals surface area contributed by atoms with Gasteiger partial charge in [-0.25, -0.2) is 0 Å². The molecule has 1 N–H and O–H groups in total. The fraction of sp³-hybridized carbons (Fsp3) is 0.235. The number of hydrazone groups is 1. The second-order valence-corrected chi connectivity index (χ2v) is 6.76. The first-order valence-electron chi connectivity index (χ1n) is 7.66. The summed E-state index contributed by atoms with van der Waals surface area (Å²) in [6.45, 7) is 0.899. The van der Waals surface area contributed by atoms with Crippen LogP contribution >= 0.6 is 0 Å². The van der Waals surface area contributed by atoms with Crippen LogP contribution in [0.2, 0.25) is 0 Å². The maximum atomic E-state index is 12.3. The fourth-order valence-electron chi connectivity index (χ4n) is 2.02. The van der Waals surface area contributed by atoms with Crippen molar-refractivity contribution in [2.75, 3.05) is 6.61 Å². The first-order valence-corrected chi connectivity index (χ1v) is 9.14. The summed E-state index contributed by atoms with van der Waals surface area (Å²) >= 11 is 0. The first-order chi connectivity index (χ1) is 12.3. The molecule has 2 rings (SSSR count). The minimum atomic E-state index is -3.87. The van der Waals surface area contributed by atoms with Crippen molar-refractivity contribution in [3.8, 4) is 11.5 Å². The van der Waals surface area contributed by atoms with Gasteiger partial charge in [0, 0.05) is 5.56 Å². The third-order valence-electron chi connectivity index (χ3n) is 3.26. The predicted molar refractivity (Wildman–Crippen MR) is 93.2 cm³/mol. The molecule has 0 aliphatic heterocycles. The standard InChI is InChI=1S/C17H18F2N2O4S/c1-3-24-14-7-9-16(10-8-14)26(22,23)21-20-12(2)13-5-4-6-15(11-13)25-17(18)19/h4-11,17,21H,3H2,1-2H3/b20-12+. The van der Waals surface area contributed by atoms with Gasteiger partial charge in [0.2, 0.25) is 0 Å². The van der Waals surface area contributed by atoms with E-state index in [9.17, 15) is 17.2 Å². The van der Waals surface area contributed by atoms with Crippen LogP contribution in [0.4, 0.5) is 8.78 Å². The van der Waals surface area contributed by atoms with E-state index in [1.807, 2.05) is 6.92 Å². The Kier molecular flexibility index (Phi) is 6.51. The number of alkyl halides is 2. The molecular formula is C17H18F2N2O4S. The topological polar surface area (TPSA) is 77.0 Å². The summed E-state index contributed by atoms with van der Waals surface area (Å²) in [6.07, 6.45) is 0. The van der Waals surface area contributed by atoms with Gasteiger partial charge >= 0.3 is 6.61 Å². The van der Waals surface area contributed by atoms with Crippen molar-refractivity contribution < 1.29 is 26.7 Å². The van der Waals surface area contributed by atoms with E-state index in [0.29, 0.717) is 23.6 Å². The highest BCUT2D eigenvalue weighted by Gasteiger charge is 2.13. The average Bonchev–Trinajstić information content (AvgIpc) is 2.60. The number of ether oxygens (including phenoxy) is 2. The lowest BCUT2D eigenvalue weighted by Crippen LogP contribution is -2.20. The van der Waals surface area contributed by atoms with Crippen LogP contribution in [0.5, 0.6) is 11.5 Å². The molecule has 140 valence electrons. The zero-order valence-electron chi connectivity index (χ0n) is 14.1. The number of nitrogens with zero attached hydrogens (tertiary/aromatic N) is 1. The molecule has 0 fully saturated rings. The highest BCUT2D eigenvalue weighted by Crippen LogP contribution is 2.18. The second kappa shape index (κ2) is 8.61. The summed E-state index contributed by atoms with van der Waals surface area (Å²) in [5.41, 5.74) is 0.733. The van der Waals surface area contributed by atoms with E-state index in [4.69, 9.17) is 4.74 Å². The molecule has 0 spiro atoms. The summed E-state index contributed by atoms with van der Waals surface area (Å²) in [5, 5.41) is 3.83. The molecule has 0 amide bonds.